The van der Waals surface area contributed by atoms with E-state index in [-0.39, 0.29) is 11.3 Å². The van der Waals surface area contributed by atoms with E-state index in [2.05, 4.69) is 47.6 Å². The van der Waals surface area contributed by atoms with Crippen LogP contribution >= 0.6 is 0 Å². The van der Waals surface area contributed by atoms with Crippen molar-refractivity contribution in [2.75, 3.05) is 13.1 Å². The summed E-state index contributed by atoms with van der Waals surface area (Å²) in [4.78, 5) is 23.8. The van der Waals surface area contributed by atoms with Gasteiger partial charge in [-0.2, -0.15) is 0 Å². The van der Waals surface area contributed by atoms with Crippen molar-refractivity contribution >= 4 is 11.6 Å². The summed E-state index contributed by atoms with van der Waals surface area (Å²) in [6.45, 7) is 5.41. The molecule has 0 aromatic carbocycles. The lowest BCUT2D eigenvalue weighted by Crippen LogP contribution is -2.51. The normalized spacial score (nSPS) is 28.8. The van der Waals surface area contributed by atoms with Gasteiger partial charge in [0.15, 0.2) is 0 Å². The van der Waals surface area contributed by atoms with E-state index in [1.165, 1.54) is 0 Å². The molecule has 5 nitrogen and oxygen atoms in total. The molecule has 5 heteroatoms. The van der Waals surface area contributed by atoms with Crippen molar-refractivity contribution in [2.45, 2.75) is 37.6 Å². The van der Waals surface area contributed by atoms with Gasteiger partial charge in [0.05, 0.1) is 12.3 Å². The van der Waals surface area contributed by atoms with Crippen LogP contribution in [-0.2, 0) is 15.7 Å². The topological polar surface area (TPSA) is 57.6 Å². The number of dihydropyridines is 1. The molecule has 0 bridgehead atoms. The number of aliphatic imine (C=N–C) groups is 1. The van der Waals surface area contributed by atoms with E-state index in [1.807, 2.05) is 36.9 Å². The van der Waals surface area contributed by atoms with Gasteiger partial charge < -0.3 is 10.2 Å². The maximum absolute atomic E-state index is 12.6. The highest BCUT2D eigenvalue weighted by atomic mass is 16.2. The van der Waals surface area contributed by atoms with Crippen LogP contribution in [0.3, 0.4) is 0 Å². The van der Waals surface area contributed by atoms with E-state index < -0.39 is 5.54 Å². The second kappa shape index (κ2) is 7.23. The summed E-state index contributed by atoms with van der Waals surface area (Å²) >= 11 is 0. The average molecular weight is 374 g/mol. The molecule has 3 aliphatic rings. The summed E-state index contributed by atoms with van der Waals surface area (Å²) in [5.74, 6) is -0.0174. The molecule has 0 saturated heterocycles. The van der Waals surface area contributed by atoms with Crippen LogP contribution in [0.2, 0.25) is 0 Å². The van der Waals surface area contributed by atoms with Crippen molar-refractivity contribution in [3.8, 4) is 0 Å². The van der Waals surface area contributed by atoms with Crippen LogP contribution in [0.5, 0.6) is 0 Å². The van der Waals surface area contributed by atoms with Gasteiger partial charge in [-0.1, -0.05) is 31.2 Å². The molecule has 1 aromatic rings. The van der Waals surface area contributed by atoms with E-state index in [4.69, 9.17) is 4.99 Å². The maximum atomic E-state index is 12.6. The number of aromatic nitrogens is 1. The third-order valence-corrected chi connectivity index (χ3v) is 5.90. The number of allylic oxidation sites excluding steroid dienone is 4. The molecule has 1 N–H and O–H groups in total. The standard InChI is InChI=1S/C23H26N4O/c1-18(28)27-14-6-4-8-23(27,21-7-3-5-11-26-21)20-15-19(16-25-17-20)22(2)9-12-24-13-10-22/h3-6,8-9,12,14-17,24H,7,10-11,13H2,1-2H3. The van der Waals surface area contributed by atoms with Crippen LogP contribution in [0.25, 0.3) is 0 Å². The molecule has 0 spiro atoms. The predicted molar refractivity (Wildman–Crippen MR) is 112 cm³/mol. The maximum Gasteiger partial charge on any atom is 0.224 e. The largest absolute Gasteiger partial charge is 0.391 e. The van der Waals surface area contributed by atoms with Crippen molar-refractivity contribution < 1.29 is 4.79 Å². The van der Waals surface area contributed by atoms with Gasteiger partial charge in [-0.3, -0.25) is 14.8 Å². The van der Waals surface area contributed by atoms with Crippen LogP contribution < -0.4 is 5.32 Å². The summed E-state index contributed by atoms with van der Waals surface area (Å²) in [6, 6.07) is 2.20. The Bertz CT molecular complexity index is 926. The number of pyridine rings is 1. The number of amides is 1. The Balaban J connectivity index is 1.88. The van der Waals surface area contributed by atoms with E-state index in [0.29, 0.717) is 13.0 Å². The fraction of sp³-hybridized carbons (Fsp3) is 0.348. The van der Waals surface area contributed by atoms with Gasteiger partial charge in [0.1, 0.15) is 5.54 Å². The lowest BCUT2D eigenvalue weighted by atomic mass is 9.75. The molecule has 4 heterocycles. The van der Waals surface area contributed by atoms with Crippen molar-refractivity contribution in [1.29, 1.82) is 0 Å². The molecule has 1 aromatic heterocycles. The number of carbonyl (C=O) groups is 1. The molecular weight excluding hydrogens is 348 g/mol. The molecule has 2 atom stereocenters. The summed E-state index contributed by atoms with van der Waals surface area (Å²) in [6.07, 6.45) is 21.8. The Morgan fingerprint density at radius 3 is 2.75 bits per heavy atom. The number of hydrogen-bond donors (Lipinski definition) is 1. The summed E-state index contributed by atoms with van der Waals surface area (Å²) in [5, 5.41) is 3.27. The zero-order chi connectivity index (χ0) is 19.6. The Kier molecular flexibility index (Phi) is 4.75. The minimum atomic E-state index is -0.735. The van der Waals surface area contributed by atoms with Crippen molar-refractivity contribution in [2.24, 2.45) is 4.99 Å². The Morgan fingerprint density at radius 2 is 2.04 bits per heavy atom. The Hall–Kier alpha value is -2.95. The molecule has 4 rings (SSSR count). The van der Waals surface area contributed by atoms with Gasteiger partial charge >= 0.3 is 0 Å². The van der Waals surface area contributed by atoms with Gasteiger partial charge in [0.2, 0.25) is 5.91 Å². The van der Waals surface area contributed by atoms with Gasteiger partial charge in [0.25, 0.3) is 0 Å². The van der Waals surface area contributed by atoms with Crippen LogP contribution in [0.1, 0.15) is 37.8 Å². The van der Waals surface area contributed by atoms with Crippen molar-refractivity contribution in [1.82, 2.24) is 15.2 Å². The lowest BCUT2D eigenvalue weighted by molar-refractivity contribution is -0.128. The molecule has 2 unspecified atom stereocenters. The smallest absolute Gasteiger partial charge is 0.224 e. The predicted octanol–water partition coefficient (Wildman–Crippen LogP) is 3.37. The Labute approximate surface area is 166 Å². The third kappa shape index (κ3) is 3.01. The highest BCUT2D eigenvalue weighted by molar-refractivity contribution is 6.01. The highest BCUT2D eigenvalue weighted by Crippen LogP contribution is 2.39. The van der Waals surface area contributed by atoms with E-state index in [9.17, 15) is 4.79 Å². The zero-order valence-electron chi connectivity index (χ0n) is 16.4. The minimum absolute atomic E-state index is 0.0174. The van der Waals surface area contributed by atoms with Gasteiger partial charge in [-0.15, -0.1) is 0 Å². The minimum Gasteiger partial charge on any atom is -0.391 e. The van der Waals surface area contributed by atoms with Crippen LogP contribution in [0.4, 0.5) is 0 Å². The fourth-order valence-corrected chi connectivity index (χ4v) is 4.23. The first-order chi connectivity index (χ1) is 13.6. The average Bonchev–Trinajstić information content (AvgIpc) is 2.75. The van der Waals surface area contributed by atoms with Gasteiger partial charge in [-0.25, -0.2) is 0 Å². The third-order valence-electron chi connectivity index (χ3n) is 5.90. The molecule has 28 heavy (non-hydrogen) atoms. The van der Waals surface area contributed by atoms with Crippen LogP contribution in [0.15, 0.2) is 72.3 Å². The SMILES string of the molecule is CC(=O)N1C=CC=CC1(C1=NCC=CC1)c1cncc(C2(C)C=CNCC2)c1. The molecule has 1 amide bonds. The highest BCUT2D eigenvalue weighted by Gasteiger charge is 2.43. The van der Waals surface area contributed by atoms with Gasteiger partial charge in [-0.05, 0) is 36.4 Å². The summed E-state index contributed by atoms with van der Waals surface area (Å²) in [7, 11) is 0. The van der Waals surface area contributed by atoms with Crippen LogP contribution in [-0.4, -0.2) is 34.6 Å². The number of nitrogens with one attached hydrogen (secondary N) is 1. The lowest BCUT2D eigenvalue weighted by Gasteiger charge is -2.43. The molecular formula is C23H26N4O. The first-order valence-corrected chi connectivity index (χ1v) is 9.78. The number of carbonyl (C=O) groups excluding carboxylic acids is 1. The first-order valence-electron chi connectivity index (χ1n) is 9.78. The Morgan fingerprint density at radius 1 is 1.18 bits per heavy atom. The number of hydrogen-bond acceptors (Lipinski definition) is 4. The summed E-state index contributed by atoms with van der Waals surface area (Å²) < 4.78 is 0. The first kappa shape index (κ1) is 18.4. The fourth-order valence-electron chi connectivity index (χ4n) is 4.23. The quantitative estimate of drug-likeness (QED) is 0.825. The second-order valence-corrected chi connectivity index (χ2v) is 7.74. The summed E-state index contributed by atoms with van der Waals surface area (Å²) in [5.41, 5.74) is 2.28. The number of nitrogens with zero attached hydrogens (tertiary/aromatic N) is 3. The molecule has 0 saturated carbocycles. The van der Waals surface area contributed by atoms with Crippen molar-refractivity contribution in [3.05, 3.63) is 78.4 Å². The molecule has 3 aliphatic heterocycles. The zero-order valence-corrected chi connectivity index (χ0v) is 16.4. The van der Waals surface area contributed by atoms with E-state index in [1.54, 1.807) is 11.8 Å². The number of rotatable bonds is 3. The van der Waals surface area contributed by atoms with E-state index >= 15 is 0 Å². The van der Waals surface area contributed by atoms with Crippen LogP contribution in [0, 0.1) is 0 Å². The molecule has 0 aliphatic carbocycles. The molecule has 144 valence electrons. The van der Waals surface area contributed by atoms with Crippen molar-refractivity contribution in [3.63, 3.8) is 0 Å². The van der Waals surface area contributed by atoms with Gasteiger partial charge in [0, 0.05) is 49.5 Å². The monoisotopic (exact) mass is 374 g/mol. The second-order valence-electron chi connectivity index (χ2n) is 7.74. The molecule has 0 radical (unpaired) electrons. The molecule has 0 fully saturated rings. The van der Waals surface area contributed by atoms with E-state index in [0.717, 1.165) is 29.8 Å².